The highest BCUT2D eigenvalue weighted by molar-refractivity contribution is 6.06. The molecule has 0 aliphatic rings. The molecule has 0 spiro atoms. The summed E-state index contributed by atoms with van der Waals surface area (Å²) in [5.74, 6) is -0.821. The average Bonchev–Trinajstić information content (AvgIpc) is 2.46. The number of nitrogens with zero attached hydrogens (tertiary/aromatic N) is 4. The summed E-state index contributed by atoms with van der Waals surface area (Å²) in [5, 5.41) is 7.11. The van der Waals surface area contributed by atoms with Crippen LogP contribution in [-0.4, -0.2) is 28.1 Å². The van der Waals surface area contributed by atoms with Crippen LogP contribution in [0.4, 0.5) is 18.9 Å². The van der Waals surface area contributed by atoms with E-state index in [4.69, 9.17) is 0 Å². The Morgan fingerprint density at radius 3 is 2.50 bits per heavy atom. The predicted octanol–water partition coefficient (Wildman–Crippen LogP) is 2.17. The predicted molar refractivity (Wildman–Crippen MR) is 64.0 cm³/mol. The summed E-state index contributed by atoms with van der Waals surface area (Å²) in [4.78, 5) is 16.8. The van der Waals surface area contributed by atoms with Gasteiger partial charge < -0.3 is 4.90 Å². The van der Waals surface area contributed by atoms with E-state index in [1.807, 2.05) is 0 Å². The lowest BCUT2D eigenvalue weighted by atomic mass is 10.1. The van der Waals surface area contributed by atoms with E-state index in [-0.39, 0.29) is 0 Å². The molecule has 2 rings (SSSR count). The van der Waals surface area contributed by atoms with Crippen molar-refractivity contribution in [2.45, 2.75) is 6.18 Å². The maximum absolute atomic E-state index is 12.9. The van der Waals surface area contributed by atoms with Crippen LogP contribution in [0.15, 0.2) is 36.9 Å². The van der Waals surface area contributed by atoms with Crippen LogP contribution >= 0.6 is 0 Å². The van der Waals surface area contributed by atoms with Gasteiger partial charge in [-0.1, -0.05) is 0 Å². The van der Waals surface area contributed by atoms with Crippen molar-refractivity contribution < 1.29 is 18.0 Å². The standard InChI is InChI=1S/C12H9F3N4O/c1-19(8-2-5-17-18-6-8)11(20)9-7-16-4-3-10(9)12(13,14)15/h2-7H,1H3. The largest absolute Gasteiger partial charge is 0.417 e. The molecule has 2 aromatic heterocycles. The van der Waals surface area contributed by atoms with Crippen molar-refractivity contribution in [3.63, 3.8) is 0 Å². The van der Waals surface area contributed by atoms with Crippen LogP contribution in [0.5, 0.6) is 0 Å². The van der Waals surface area contributed by atoms with Crippen molar-refractivity contribution in [2.75, 3.05) is 11.9 Å². The highest BCUT2D eigenvalue weighted by Crippen LogP contribution is 2.32. The quantitative estimate of drug-likeness (QED) is 0.847. The van der Waals surface area contributed by atoms with Gasteiger partial charge in [-0.2, -0.15) is 23.4 Å². The van der Waals surface area contributed by atoms with Gasteiger partial charge >= 0.3 is 6.18 Å². The van der Waals surface area contributed by atoms with Gasteiger partial charge in [0.25, 0.3) is 5.91 Å². The number of pyridine rings is 1. The number of alkyl halides is 3. The van der Waals surface area contributed by atoms with Gasteiger partial charge in [0.2, 0.25) is 0 Å². The second kappa shape index (κ2) is 5.24. The summed E-state index contributed by atoms with van der Waals surface area (Å²) in [5.41, 5.74) is -1.20. The molecule has 0 N–H and O–H groups in total. The van der Waals surface area contributed by atoms with Crippen LogP contribution in [-0.2, 0) is 6.18 Å². The normalized spacial score (nSPS) is 11.2. The zero-order valence-electron chi connectivity index (χ0n) is 10.3. The Labute approximate surface area is 112 Å². The van der Waals surface area contributed by atoms with Gasteiger partial charge in [0.15, 0.2) is 0 Å². The average molecular weight is 282 g/mol. The van der Waals surface area contributed by atoms with Crippen LogP contribution in [0.1, 0.15) is 15.9 Å². The Hall–Kier alpha value is -2.51. The topological polar surface area (TPSA) is 59.0 Å². The van der Waals surface area contributed by atoms with E-state index in [9.17, 15) is 18.0 Å². The molecule has 0 unspecified atom stereocenters. The van der Waals surface area contributed by atoms with Crippen molar-refractivity contribution in [1.29, 1.82) is 0 Å². The highest BCUT2D eigenvalue weighted by atomic mass is 19.4. The van der Waals surface area contributed by atoms with E-state index in [0.717, 1.165) is 23.4 Å². The number of amides is 1. The molecule has 1 amide bonds. The summed E-state index contributed by atoms with van der Waals surface area (Å²) < 4.78 is 38.6. The van der Waals surface area contributed by atoms with Crippen LogP contribution in [0.2, 0.25) is 0 Å². The van der Waals surface area contributed by atoms with Crippen molar-refractivity contribution in [1.82, 2.24) is 15.2 Å². The molecule has 2 heterocycles. The van der Waals surface area contributed by atoms with Crippen molar-refractivity contribution in [2.24, 2.45) is 0 Å². The maximum atomic E-state index is 12.9. The Morgan fingerprint density at radius 2 is 1.90 bits per heavy atom. The molecule has 0 aromatic carbocycles. The van der Waals surface area contributed by atoms with Gasteiger partial charge in [0, 0.05) is 19.4 Å². The molecule has 0 radical (unpaired) electrons. The molecule has 5 nitrogen and oxygen atoms in total. The summed E-state index contributed by atoms with van der Waals surface area (Å²) in [6.45, 7) is 0. The maximum Gasteiger partial charge on any atom is 0.417 e. The number of aromatic nitrogens is 3. The van der Waals surface area contributed by atoms with Gasteiger partial charge in [0.05, 0.1) is 29.2 Å². The molecule has 0 aliphatic carbocycles. The number of hydrogen-bond acceptors (Lipinski definition) is 4. The first-order chi connectivity index (χ1) is 9.41. The lowest BCUT2D eigenvalue weighted by Gasteiger charge is -2.19. The lowest BCUT2D eigenvalue weighted by molar-refractivity contribution is -0.138. The molecule has 0 saturated heterocycles. The zero-order chi connectivity index (χ0) is 14.8. The van der Waals surface area contributed by atoms with Crippen LogP contribution in [0.25, 0.3) is 0 Å². The minimum absolute atomic E-state index is 0.335. The van der Waals surface area contributed by atoms with Crippen LogP contribution in [0.3, 0.4) is 0 Å². The Kier molecular flexibility index (Phi) is 3.64. The smallest absolute Gasteiger partial charge is 0.310 e. The van der Waals surface area contributed by atoms with Crippen LogP contribution < -0.4 is 4.90 Å². The fourth-order valence-corrected chi connectivity index (χ4v) is 1.59. The molecule has 0 atom stereocenters. The fourth-order valence-electron chi connectivity index (χ4n) is 1.59. The minimum Gasteiger partial charge on any atom is -0.310 e. The molecule has 0 bridgehead atoms. The van der Waals surface area contributed by atoms with Crippen molar-refractivity contribution in [3.05, 3.63) is 48.0 Å². The van der Waals surface area contributed by atoms with E-state index in [1.54, 1.807) is 0 Å². The highest BCUT2D eigenvalue weighted by Gasteiger charge is 2.36. The second-order valence-corrected chi connectivity index (χ2v) is 3.88. The number of rotatable bonds is 2. The molecular formula is C12H9F3N4O. The van der Waals surface area contributed by atoms with E-state index in [0.29, 0.717) is 5.69 Å². The lowest BCUT2D eigenvalue weighted by Crippen LogP contribution is -2.29. The SMILES string of the molecule is CN(C(=O)c1cnccc1C(F)(F)F)c1ccnnc1. The first-order valence-corrected chi connectivity index (χ1v) is 5.47. The summed E-state index contributed by atoms with van der Waals surface area (Å²) in [7, 11) is 1.35. The van der Waals surface area contributed by atoms with E-state index < -0.39 is 23.2 Å². The van der Waals surface area contributed by atoms with Gasteiger partial charge in [-0.25, -0.2) is 0 Å². The van der Waals surface area contributed by atoms with Crippen LogP contribution in [0, 0.1) is 0 Å². The van der Waals surface area contributed by atoms with Crippen molar-refractivity contribution in [3.8, 4) is 0 Å². The van der Waals surface area contributed by atoms with Gasteiger partial charge in [-0.3, -0.25) is 9.78 Å². The third kappa shape index (κ3) is 2.73. The number of halogens is 3. The van der Waals surface area contributed by atoms with Gasteiger partial charge in [-0.15, -0.1) is 0 Å². The first-order valence-electron chi connectivity index (χ1n) is 5.47. The Balaban J connectivity index is 2.40. The number of hydrogen-bond donors (Lipinski definition) is 0. The number of anilines is 1. The van der Waals surface area contributed by atoms with Gasteiger partial charge in [0.1, 0.15) is 0 Å². The molecule has 20 heavy (non-hydrogen) atoms. The molecule has 2 aromatic rings. The molecule has 8 heteroatoms. The third-order valence-corrected chi connectivity index (χ3v) is 2.62. The van der Waals surface area contributed by atoms with Crippen molar-refractivity contribution >= 4 is 11.6 Å². The summed E-state index contributed by atoms with van der Waals surface area (Å²) >= 11 is 0. The minimum atomic E-state index is -4.62. The summed E-state index contributed by atoms with van der Waals surface area (Å²) in [6, 6.07) is 2.24. The van der Waals surface area contributed by atoms with E-state index in [1.165, 1.54) is 25.5 Å². The number of carbonyl (C=O) groups is 1. The molecule has 0 fully saturated rings. The third-order valence-electron chi connectivity index (χ3n) is 2.62. The molecule has 0 aliphatic heterocycles. The fraction of sp³-hybridized carbons (Fsp3) is 0.167. The second-order valence-electron chi connectivity index (χ2n) is 3.88. The van der Waals surface area contributed by atoms with E-state index >= 15 is 0 Å². The Bertz CT molecular complexity index is 616. The van der Waals surface area contributed by atoms with Gasteiger partial charge in [-0.05, 0) is 12.1 Å². The van der Waals surface area contributed by atoms with E-state index in [2.05, 4.69) is 15.2 Å². The summed E-state index contributed by atoms with van der Waals surface area (Å²) in [6.07, 6.45) is -0.107. The Morgan fingerprint density at radius 1 is 1.15 bits per heavy atom. The molecular weight excluding hydrogens is 273 g/mol. The zero-order valence-corrected chi connectivity index (χ0v) is 10.3. The molecule has 0 saturated carbocycles. The number of carbonyl (C=O) groups excluding carboxylic acids is 1. The monoisotopic (exact) mass is 282 g/mol. The first kappa shape index (κ1) is 13.9. The molecule has 104 valence electrons.